The first-order valence-corrected chi connectivity index (χ1v) is 17.5. The lowest BCUT2D eigenvalue weighted by Gasteiger charge is -2.73. The van der Waals surface area contributed by atoms with Crippen LogP contribution in [0.15, 0.2) is 12.2 Å². The fraction of sp³-hybridized carbons (Fsp3) is 0.944. The molecule has 256 valence electrons. The van der Waals surface area contributed by atoms with Gasteiger partial charge in [-0.05, 0) is 80.0 Å². The van der Waals surface area contributed by atoms with E-state index in [2.05, 4.69) is 53.7 Å². The zero-order chi connectivity index (χ0) is 32.8. The second-order valence-corrected chi connectivity index (χ2v) is 18.2. The molecule has 45 heavy (non-hydrogen) atoms. The molecule has 9 nitrogen and oxygen atoms in total. The van der Waals surface area contributed by atoms with Gasteiger partial charge in [-0.3, -0.25) is 0 Å². The summed E-state index contributed by atoms with van der Waals surface area (Å²) in [5.74, 6) is 0.427. The lowest BCUT2D eigenvalue weighted by Crippen LogP contribution is -2.73. The maximum absolute atomic E-state index is 12.0. The Balaban J connectivity index is 1.23. The molecule has 0 aromatic carbocycles. The van der Waals surface area contributed by atoms with Crippen LogP contribution in [0.5, 0.6) is 0 Å². The molecule has 0 aromatic rings. The average molecular weight is 635 g/mol. The monoisotopic (exact) mass is 634 g/mol. The van der Waals surface area contributed by atoms with Gasteiger partial charge in [0.05, 0.1) is 43.2 Å². The molecule has 7 rings (SSSR count). The van der Waals surface area contributed by atoms with Crippen molar-refractivity contribution in [1.29, 1.82) is 0 Å². The number of ether oxygens (including phenoxy) is 3. The molecule has 6 fully saturated rings. The minimum atomic E-state index is -1.39. The summed E-state index contributed by atoms with van der Waals surface area (Å²) >= 11 is 0. The van der Waals surface area contributed by atoms with Gasteiger partial charge in [-0.15, -0.1) is 0 Å². The smallest absolute Gasteiger partial charge is 0.186 e. The van der Waals surface area contributed by atoms with E-state index in [1.54, 1.807) is 6.92 Å². The third-order valence-electron chi connectivity index (χ3n) is 16.0. The van der Waals surface area contributed by atoms with Gasteiger partial charge >= 0.3 is 0 Å². The van der Waals surface area contributed by atoms with Gasteiger partial charge in [0.25, 0.3) is 0 Å². The van der Waals surface area contributed by atoms with E-state index < -0.39 is 65.4 Å². The van der Waals surface area contributed by atoms with Crippen molar-refractivity contribution in [2.75, 3.05) is 13.2 Å². The van der Waals surface area contributed by atoms with Gasteiger partial charge in [0.2, 0.25) is 0 Å². The number of aliphatic hydroxyl groups is 6. The van der Waals surface area contributed by atoms with Crippen molar-refractivity contribution in [1.82, 2.24) is 0 Å². The first-order valence-electron chi connectivity index (χ1n) is 17.5. The van der Waals surface area contributed by atoms with E-state index in [0.29, 0.717) is 25.9 Å². The fourth-order valence-corrected chi connectivity index (χ4v) is 12.8. The molecule has 6 N–H and O–H groups in total. The number of hydrogen-bond acceptors (Lipinski definition) is 9. The average Bonchev–Trinajstić information content (AvgIpc) is 3.24. The van der Waals surface area contributed by atoms with Crippen molar-refractivity contribution < 1.29 is 44.8 Å². The predicted molar refractivity (Wildman–Crippen MR) is 166 cm³/mol. The second-order valence-electron chi connectivity index (χ2n) is 18.2. The Morgan fingerprint density at radius 2 is 1.53 bits per heavy atom. The third-order valence-corrected chi connectivity index (χ3v) is 16.0. The van der Waals surface area contributed by atoms with Crippen LogP contribution >= 0.6 is 0 Å². The highest BCUT2D eigenvalue weighted by atomic mass is 16.7. The van der Waals surface area contributed by atoms with E-state index in [1.165, 1.54) is 0 Å². The van der Waals surface area contributed by atoms with Gasteiger partial charge < -0.3 is 44.8 Å². The Bertz CT molecular complexity index is 1220. The van der Waals surface area contributed by atoms with Crippen molar-refractivity contribution >= 4 is 0 Å². The largest absolute Gasteiger partial charge is 0.396 e. The second kappa shape index (κ2) is 9.97. The predicted octanol–water partition coefficient (Wildman–Crippen LogP) is 2.92. The summed E-state index contributed by atoms with van der Waals surface area (Å²) in [6, 6.07) is 0. The van der Waals surface area contributed by atoms with E-state index in [1.807, 2.05) is 0 Å². The number of rotatable bonds is 3. The molecule has 7 aliphatic rings. The lowest BCUT2D eigenvalue weighted by atomic mass is 9.32. The first kappa shape index (κ1) is 32.9. The summed E-state index contributed by atoms with van der Waals surface area (Å²) in [5, 5.41) is 65.6. The van der Waals surface area contributed by atoms with Crippen molar-refractivity contribution in [3.05, 3.63) is 12.2 Å². The zero-order valence-electron chi connectivity index (χ0n) is 28.3. The van der Waals surface area contributed by atoms with Crippen molar-refractivity contribution in [2.45, 2.75) is 148 Å². The SMILES string of the molecule is C[C@H]1O[C@H](O[C@H]2CC[C@@]3(C)C(CC[C@]4(C)[C@@H]3C=C[C@]35OC[C@@]6(C[C@H](O)C(C)(C)C[C@H]63)[C@@H](O)C[C@]54C)[C@]2(C)CO)[C@H](O)[C@@H](O)[C@H]1O. The molecule has 1 spiro atoms. The van der Waals surface area contributed by atoms with Gasteiger partial charge in [0.1, 0.15) is 18.3 Å². The van der Waals surface area contributed by atoms with Crippen molar-refractivity contribution in [3.63, 3.8) is 0 Å². The molecule has 2 aliphatic heterocycles. The van der Waals surface area contributed by atoms with Crippen LogP contribution in [0, 0.1) is 50.2 Å². The summed E-state index contributed by atoms with van der Waals surface area (Å²) in [7, 11) is 0. The Morgan fingerprint density at radius 1 is 0.822 bits per heavy atom. The van der Waals surface area contributed by atoms with Gasteiger partial charge in [-0.1, -0.05) is 53.7 Å². The molecule has 0 aromatic heterocycles. The number of hydrogen-bond donors (Lipinski definition) is 6. The standard InChI is InChI=1S/C36H58O9/c1-19-26(40)27(41)28(42)29(44-19)45-25-10-11-31(4)20(32(25,5)17-37)8-12-33(6)21(31)9-13-36-22-14-30(2,3)23(38)16-35(22,18-43-36)24(39)15-34(33,36)7/h9,13,19-29,37-42H,8,10-12,14-18H2,1-7H3/t19-,20?,21-,22-,23+,24+,25+,26+,27+,28-,29-,31+,32+,33-,34+,35-,36+/m1/s1. The summed E-state index contributed by atoms with van der Waals surface area (Å²) in [5.41, 5.74) is -2.49. The normalized spacial score (nSPS) is 61.6. The number of allylic oxidation sites excluding steroid dienone is 1. The molecular formula is C36H58O9. The van der Waals surface area contributed by atoms with Crippen LogP contribution < -0.4 is 0 Å². The summed E-state index contributed by atoms with van der Waals surface area (Å²) in [6.45, 7) is 15.6. The highest BCUT2D eigenvalue weighted by Gasteiger charge is 2.79. The number of aliphatic hydroxyl groups excluding tert-OH is 6. The Hall–Kier alpha value is -0.620. The molecule has 1 unspecified atom stereocenters. The molecule has 2 saturated heterocycles. The van der Waals surface area contributed by atoms with Crippen LogP contribution in [-0.4, -0.2) is 98.5 Å². The van der Waals surface area contributed by atoms with Crippen LogP contribution in [0.1, 0.15) is 93.4 Å². The maximum atomic E-state index is 12.0. The molecule has 4 saturated carbocycles. The van der Waals surface area contributed by atoms with E-state index in [4.69, 9.17) is 14.2 Å². The molecular weight excluding hydrogens is 576 g/mol. The zero-order valence-corrected chi connectivity index (χ0v) is 28.3. The lowest BCUT2D eigenvalue weighted by molar-refractivity contribution is -0.329. The van der Waals surface area contributed by atoms with Crippen molar-refractivity contribution in [2.24, 2.45) is 50.2 Å². The highest BCUT2D eigenvalue weighted by molar-refractivity contribution is 5.36. The Morgan fingerprint density at radius 3 is 2.22 bits per heavy atom. The topological polar surface area (TPSA) is 149 Å². The minimum absolute atomic E-state index is 0.0837. The Labute approximate surface area is 268 Å². The van der Waals surface area contributed by atoms with Gasteiger partial charge in [0, 0.05) is 22.2 Å². The fourth-order valence-electron chi connectivity index (χ4n) is 12.8. The number of fused-ring (bicyclic) bond motifs is 4. The molecule has 2 bridgehead atoms. The van der Waals surface area contributed by atoms with Gasteiger partial charge in [0.15, 0.2) is 6.29 Å². The summed E-state index contributed by atoms with van der Waals surface area (Å²) in [6.07, 6.45) is 2.96. The molecule has 0 amide bonds. The molecule has 9 heteroatoms. The molecule has 5 aliphatic carbocycles. The molecule has 2 heterocycles. The summed E-state index contributed by atoms with van der Waals surface area (Å²) in [4.78, 5) is 0. The third kappa shape index (κ3) is 3.88. The van der Waals surface area contributed by atoms with Crippen molar-refractivity contribution in [3.8, 4) is 0 Å². The quantitative estimate of drug-likeness (QED) is 0.204. The Kier molecular flexibility index (Phi) is 7.29. The van der Waals surface area contributed by atoms with Crippen LogP contribution in [0.4, 0.5) is 0 Å². The van der Waals surface area contributed by atoms with Gasteiger partial charge in [-0.25, -0.2) is 0 Å². The maximum Gasteiger partial charge on any atom is 0.186 e. The molecule has 17 atom stereocenters. The minimum Gasteiger partial charge on any atom is -0.396 e. The first-order chi connectivity index (χ1) is 20.9. The van der Waals surface area contributed by atoms with E-state index >= 15 is 0 Å². The molecule has 0 radical (unpaired) electrons. The highest BCUT2D eigenvalue weighted by Crippen LogP contribution is 2.79. The van der Waals surface area contributed by atoms with Crippen LogP contribution in [0.2, 0.25) is 0 Å². The van der Waals surface area contributed by atoms with Crippen LogP contribution in [0.25, 0.3) is 0 Å². The van der Waals surface area contributed by atoms with Gasteiger partial charge in [-0.2, -0.15) is 0 Å². The van der Waals surface area contributed by atoms with E-state index in [0.717, 1.165) is 25.7 Å². The summed E-state index contributed by atoms with van der Waals surface area (Å²) < 4.78 is 19.3. The van der Waals surface area contributed by atoms with E-state index in [-0.39, 0.29) is 46.0 Å². The van der Waals surface area contributed by atoms with Crippen LogP contribution in [0.3, 0.4) is 0 Å². The van der Waals surface area contributed by atoms with Crippen LogP contribution in [-0.2, 0) is 14.2 Å². The van der Waals surface area contributed by atoms with E-state index in [9.17, 15) is 30.6 Å².